The normalized spacial score (nSPS) is 24.4. The van der Waals surface area contributed by atoms with Crippen molar-refractivity contribution in [1.29, 1.82) is 0 Å². The number of anilines is 2. The molecule has 1 aromatic heterocycles. The van der Waals surface area contributed by atoms with Crippen LogP contribution in [0.15, 0.2) is 18.3 Å². The second kappa shape index (κ2) is 4.49. The van der Waals surface area contributed by atoms with E-state index in [9.17, 15) is 0 Å². The standard InChI is InChI=1S/C11H17N3O/c1-12-11-7-8(3-4-13-11)14-9-5-10(6-9)15-2/h3-4,7,9-10H,5-6H2,1-2H3,(H2,12,13,14). The maximum atomic E-state index is 5.23. The van der Waals surface area contributed by atoms with E-state index in [4.69, 9.17) is 4.74 Å². The van der Waals surface area contributed by atoms with Crippen molar-refractivity contribution in [2.45, 2.75) is 25.0 Å². The van der Waals surface area contributed by atoms with E-state index in [2.05, 4.69) is 15.6 Å². The lowest BCUT2D eigenvalue weighted by Crippen LogP contribution is -2.40. The van der Waals surface area contributed by atoms with Crippen LogP contribution >= 0.6 is 0 Å². The van der Waals surface area contributed by atoms with E-state index in [1.54, 1.807) is 13.3 Å². The van der Waals surface area contributed by atoms with Crippen molar-refractivity contribution in [2.24, 2.45) is 0 Å². The fourth-order valence-electron chi connectivity index (χ4n) is 1.77. The Bertz CT molecular complexity index is 323. The topological polar surface area (TPSA) is 46.2 Å². The van der Waals surface area contributed by atoms with Gasteiger partial charge in [0.25, 0.3) is 0 Å². The Morgan fingerprint density at radius 3 is 2.93 bits per heavy atom. The minimum Gasteiger partial charge on any atom is -0.382 e. The summed E-state index contributed by atoms with van der Waals surface area (Å²) < 4.78 is 5.23. The van der Waals surface area contributed by atoms with Crippen LogP contribution in [0.25, 0.3) is 0 Å². The molecule has 1 aliphatic rings. The highest BCUT2D eigenvalue weighted by atomic mass is 16.5. The zero-order chi connectivity index (χ0) is 10.7. The highest BCUT2D eigenvalue weighted by Crippen LogP contribution is 2.26. The Morgan fingerprint density at radius 2 is 2.27 bits per heavy atom. The Balaban J connectivity index is 1.88. The maximum Gasteiger partial charge on any atom is 0.127 e. The Morgan fingerprint density at radius 1 is 1.47 bits per heavy atom. The molecule has 0 aliphatic heterocycles. The molecule has 15 heavy (non-hydrogen) atoms. The van der Waals surface area contributed by atoms with Gasteiger partial charge in [0.15, 0.2) is 0 Å². The predicted octanol–water partition coefficient (Wildman–Crippen LogP) is 1.71. The van der Waals surface area contributed by atoms with Crippen LogP contribution in [0.1, 0.15) is 12.8 Å². The van der Waals surface area contributed by atoms with Gasteiger partial charge >= 0.3 is 0 Å². The summed E-state index contributed by atoms with van der Waals surface area (Å²) in [5.41, 5.74) is 1.12. The van der Waals surface area contributed by atoms with Crippen molar-refractivity contribution in [3.8, 4) is 0 Å². The number of methoxy groups -OCH3 is 1. The van der Waals surface area contributed by atoms with E-state index >= 15 is 0 Å². The largest absolute Gasteiger partial charge is 0.382 e. The Hall–Kier alpha value is -1.29. The first-order valence-corrected chi connectivity index (χ1v) is 5.25. The zero-order valence-electron chi connectivity index (χ0n) is 9.16. The van der Waals surface area contributed by atoms with Gasteiger partial charge in [-0.1, -0.05) is 0 Å². The summed E-state index contributed by atoms with van der Waals surface area (Å²) in [6.07, 6.45) is 4.43. The number of hydrogen-bond acceptors (Lipinski definition) is 4. The van der Waals surface area contributed by atoms with Crippen LogP contribution in [0.2, 0.25) is 0 Å². The number of ether oxygens (including phenoxy) is 1. The van der Waals surface area contributed by atoms with Crippen molar-refractivity contribution < 1.29 is 4.74 Å². The van der Waals surface area contributed by atoms with Crippen LogP contribution in [0.5, 0.6) is 0 Å². The number of pyridine rings is 1. The molecule has 2 rings (SSSR count). The lowest BCUT2D eigenvalue weighted by atomic mass is 9.89. The van der Waals surface area contributed by atoms with E-state index in [1.807, 2.05) is 19.2 Å². The molecule has 0 spiro atoms. The molecule has 1 aromatic rings. The molecule has 1 fully saturated rings. The summed E-state index contributed by atoms with van der Waals surface area (Å²) in [5, 5.41) is 6.48. The summed E-state index contributed by atoms with van der Waals surface area (Å²) in [7, 11) is 3.64. The van der Waals surface area contributed by atoms with Gasteiger partial charge in [-0.25, -0.2) is 4.98 Å². The van der Waals surface area contributed by atoms with Crippen LogP contribution < -0.4 is 10.6 Å². The molecule has 1 aliphatic carbocycles. The van der Waals surface area contributed by atoms with Gasteiger partial charge in [0.05, 0.1) is 6.10 Å². The molecule has 0 atom stereocenters. The number of rotatable bonds is 4. The first-order valence-electron chi connectivity index (χ1n) is 5.25. The number of hydrogen-bond donors (Lipinski definition) is 2. The molecule has 4 heteroatoms. The smallest absolute Gasteiger partial charge is 0.127 e. The molecular weight excluding hydrogens is 190 g/mol. The lowest BCUT2D eigenvalue weighted by Gasteiger charge is -2.35. The van der Waals surface area contributed by atoms with E-state index in [0.717, 1.165) is 24.3 Å². The predicted molar refractivity (Wildman–Crippen MR) is 61.2 cm³/mol. The van der Waals surface area contributed by atoms with E-state index in [1.165, 1.54) is 0 Å². The highest BCUT2D eigenvalue weighted by molar-refractivity contribution is 5.52. The average Bonchev–Trinajstić information content (AvgIpc) is 2.23. The second-order valence-corrected chi connectivity index (χ2v) is 3.85. The van der Waals surface area contributed by atoms with Gasteiger partial charge in [-0.05, 0) is 18.9 Å². The van der Waals surface area contributed by atoms with Crippen molar-refractivity contribution in [1.82, 2.24) is 4.98 Å². The number of nitrogens with zero attached hydrogens (tertiary/aromatic N) is 1. The van der Waals surface area contributed by atoms with Gasteiger partial charge in [-0.2, -0.15) is 0 Å². The number of nitrogens with one attached hydrogen (secondary N) is 2. The van der Waals surface area contributed by atoms with Crippen LogP contribution in [0.3, 0.4) is 0 Å². The molecule has 82 valence electrons. The van der Waals surface area contributed by atoms with Gasteiger partial charge in [0.2, 0.25) is 0 Å². The minimum atomic E-state index is 0.438. The lowest BCUT2D eigenvalue weighted by molar-refractivity contribution is 0.0329. The Labute approximate surface area is 90.0 Å². The third kappa shape index (κ3) is 2.39. The van der Waals surface area contributed by atoms with Gasteiger partial charge in [-0.15, -0.1) is 0 Å². The van der Waals surface area contributed by atoms with Gasteiger partial charge in [0.1, 0.15) is 5.82 Å². The molecule has 1 saturated carbocycles. The fraction of sp³-hybridized carbons (Fsp3) is 0.545. The van der Waals surface area contributed by atoms with Crippen molar-refractivity contribution >= 4 is 11.5 Å². The first kappa shape index (κ1) is 10.2. The van der Waals surface area contributed by atoms with Crippen LogP contribution in [0, 0.1) is 0 Å². The summed E-state index contributed by atoms with van der Waals surface area (Å²) in [6, 6.07) is 4.54. The summed E-state index contributed by atoms with van der Waals surface area (Å²) in [5.74, 6) is 0.891. The minimum absolute atomic E-state index is 0.438. The second-order valence-electron chi connectivity index (χ2n) is 3.85. The monoisotopic (exact) mass is 207 g/mol. The third-order valence-electron chi connectivity index (χ3n) is 2.82. The molecule has 2 N–H and O–H groups in total. The van der Waals surface area contributed by atoms with Gasteiger partial charge in [-0.3, -0.25) is 0 Å². The molecular formula is C11H17N3O. The third-order valence-corrected chi connectivity index (χ3v) is 2.82. The summed E-state index contributed by atoms with van der Waals surface area (Å²) >= 11 is 0. The van der Waals surface area contributed by atoms with Crippen LogP contribution in [-0.2, 0) is 4.74 Å². The van der Waals surface area contributed by atoms with Crippen LogP contribution in [-0.4, -0.2) is 31.3 Å². The fourth-order valence-corrected chi connectivity index (χ4v) is 1.77. The Kier molecular flexibility index (Phi) is 3.06. The molecule has 4 nitrogen and oxygen atoms in total. The first-order chi connectivity index (χ1) is 7.31. The molecule has 0 aromatic carbocycles. The molecule has 0 saturated heterocycles. The van der Waals surface area contributed by atoms with Gasteiger partial charge in [0, 0.05) is 38.1 Å². The molecule has 0 bridgehead atoms. The van der Waals surface area contributed by atoms with Crippen molar-refractivity contribution in [2.75, 3.05) is 24.8 Å². The maximum absolute atomic E-state index is 5.23. The molecule has 0 amide bonds. The molecule has 0 radical (unpaired) electrons. The average molecular weight is 207 g/mol. The summed E-state index contributed by atoms with van der Waals surface area (Å²) in [6.45, 7) is 0. The number of aromatic nitrogens is 1. The zero-order valence-corrected chi connectivity index (χ0v) is 9.16. The molecule has 1 heterocycles. The van der Waals surface area contributed by atoms with Gasteiger partial charge < -0.3 is 15.4 Å². The quantitative estimate of drug-likeness (QED) is 0.789. The van der Waals surface area contributed by atoms with Crippen molar-refractivity contribution in [3.05, 3.63) is 18.3 Å². The SMILES string of the molecule is CNc1cc(NC2CC(OC)C2)ccn1. The van der Waals surface area contributed by atoms with E-state index in [-0.39, 0.29) is 0 Å². The molecule has 0 unspecified atom stereocenters. The summed E-state index contributed by atoms with van der Waals surface area (Å²) in [4.78, 5) is 4.16. The van der Waals surface area contributed by atoms with Crippen molar-refractivity contribution in [3.63, 3.8) is 0 Å². The van der Waals surface area contributed by atoms with E-state index in [0.29, 0.717) is 12.1 Å². The van der Waals surface area contributed by atoms with E-state index < -0.39 is 0 Å². The highest BCUT2D eigenvalue weighted by Gasteiger charge is 2.28. The van der Waals surface area contributed by atoms with Crippen LogP contribution in [0.4, 0.5) is 11.5 Å².